The Morgan fingerprint density at radius 1 is 1.00 bits per heavy atom. The number of nitrogens with zero attached hydrogens (tertiary/aromatic N) is 3. The molecule has 2 aliphatic heterocycles. The minimum Gasteiger partial charge on any atom is -0.444 e. The van der Waals surface area contributed by atoms with Gasteiger partial charge >= 0.3 is 6.09 Å². The largest absolute Gasteiger partial charge is 0.444 e. The molecule has 2 saturated heterocycles. The summed E-state index contributed by atoms with van der Waals surface area (Å²) in [4.78, 5) is 28.3. The summed E-state index contributed by atoms with van der Waals surface area (Å²) in [5.41, 5.74) is 2.55. The maximum Gasteiger partial charge on any atom is 0.410 e. The summed E-state index contributed by atoms with van der Waals surface area (Å²) < 4.78 is 5.38. The number of amides is 2. The van der Waals surface area contributed by atoms with Crippen molar-refractivity contribution >= 4 is 12.0 Å². The number of ether oxygens (including phenoxy) is 1. The molecule has 0 saturated carbocycles. The summed E-state index contributed by atoms with van der Waals surface area (Å²) in [6.07, 6.45) is 1.10. The van der Waals surface area contributed by atoms with Gasteiger partial charge in [-0.25, -0.2) is 9.80 Å². The number of hydrogen-bond donors (Lipinski definition) is 1. The number of hydrogen-bond acceptors (Lipinski definition) is 5. The molecule has 0 aliphatic carbocycles. The number of carbonyl (C=O) groups excluding carboxylic acids is 2. The molecule has 2 rings (SSSR count). The molecule has 0 aromatic heterocycles. The van der Waals surface area contributed by atoms with Gasteiger partial charge in [0.2, 0.25) is 5.91 Å². The number of piperazine rings is 1. The molecular formula is C16H30N4O3. The average molecular weight is 326 g/mol. The molecular weight excluding hydrogens is 296 g/mol. The quantitative estimate of drug-likeness (QED) is 0.817. The molecule has 0 aromatic carbocycles. The second-order valence-corrected chi connectivity index (χ2v) is 7.51. The van der Waals surface area contributed by atoms with Gasteiger partial charge in [-0.05, 0) is 40.7 Å². The highest BCUT2D eigenvalue weighted by atomic mass is 16.6. The lowest BCUT2D eigenvalue weighted by Gasteiger charge is -2.35. The fraction of sp³-hybridized carbons (Fsp3) is 0.875. The van der Waals surface area contributed by atoms with Crippen LogP contribution in [0.5, 0.6) is 0 Å². The molecule has 0 unspecified atom stereocenters. The Hall–Kier alpha value is -1.34. The lowest BCUT2D eigenvalue weighted by atomic mass is 9.96. The van der Waals surface area contributed by atoms with Crippen molar-refractivity contribution < 1.29 is 14.3 Å². The predicted octanol–water partition coefficient (Wildman–Crippen LogP) is 0.912. The zero-order chi connectivity index (χ0) is 17.0. The van der Waals surface area contributed by atoms with Crippen molar-refractivity contribution in [1.29, 1.82) is 0 Å². The first kappa shape index (κ1) is 18.0. The monoisotopic (exact) mass is 326 g/mol. The minimum absolute atomic E-state index is 0.0201. The third kappa shape index (κ3) is 5.66. The second-order valence-electron chi connectivity index (χ2n) is 7.51. The zero-order valence-corrected chi connectivity index (χ0v) is 14.8. The Morgan fingerprint density at radius 2 is 1.57 bits per heavy atom. The van der Waals surface area contributed by atoms with E-state index in [1.807, 2.05) is 25.8 Å². The van der Waals surface area contributed by atoms with Crippen LogP contribution in [-0.2, 0) is 9.53 Å². The van der Waals surface area contributed by atoms with E-state index in [1.54, 1.807) is 4.90 Å². The number of piperidine rings is 1. The van der Waals surface area contributed by atoms with Crippen LogP contribution in [0.2, 0.25) is 0 Å². The summed E-state index contributed by atoms with van der Waals surface area (Å²) >= 11 is 0. The molecule has 2 fully saturated rings. The second kappa shape index (κ2) is 7.49. The highest BCUT2D eigenvalue weighted by Crippen LogP contribution is 2.20. The van der Waals surface area contributed by atoms with Crippen LogP contribution in [-0.4, -0.2) is 78.7 Å². The molecule has 2 aliphatic rings. The van der Waals surface area contributed by atoms with E-state index in [0.717, 1.165) is 26.2 Å². The molecule has 7 heteroatoms. The first-order valence-electron chi connectivity index (χ1n) is 8.46. The number of hydrazine groups is 1. The molecule has 0 radical (unpaired) electrons. The zero-order valence-electron chi connectivity index (χ0n) is 14.8. The van der Waals surface area contributed by atoms with E-state index in [2.05, 4.69) is 17.4 Å². The third-order valence-electron chi connectivity index (χ3n) is 4.29. The normalized spacial score (nSPS) is 22.0. The lowest BCUT2D eigenvalue weighted by Crippen LogP contribution is -2.54. The first-order valence-corrected chi connectivity index (χ1v) is 8.46. The Balaban J connectivity index is 1.73. The topological polar surface area (TPSA) is 65.1 Å². The van der Waals surface area contributed by atoms with Gasteiger partial charge in [-0.1, -0.05) is 0 Å². The van der Waals surface area contributed by atoms with Gasteiger partial charge < -0.3 is 14.5 Å². The highest BCUT2D eigenvalue weighted by molar-refractivity contribution is 5.78. The molecule has 0 spiro atoms. The number of carbonyl (C=O) groups is 2. The van der Waals surface area contributed by atoms with Crippen molar-refractivity contribution in [2.45, 2.75) is 39.2 Å². The van der Waals surface area contributed by atoms with E-state index in [0.29, 0.717) is 25.9 Å². The van der Waals surface area contributed by atoms with Crippen molar-refractivity contribution in [3.8, 4) is 0 Å². The van der Waals surface area contributed by atoms with Crippen LogP contribution in [0.25, 0.3) is 0 Å². The Kier molecular flexibility index (Phi) is 5.86. The number of likely N-dealkylation sites (tertiary alicyclic amines) is 1. The van der Waals surface area contributed by atoms with Gasteiger partial charge in [0, 0.05) is 45.2 Å². The van der Waals surface area contributed by atoms with E-state index in [4.69, 9.17) is 4.74 Å². The Bertz CT molecular complexity index is 420. The molecule has 132 valence electrons. The van der Waals surface area contributed by atoms with Crippen LogP contribution in [0.4, 0.5) is 4.79 Å². The summed E-state index contributed by atoms with van der Waals surface area (Å²) in [5, 5.41) is 2.00. The average Bonchev–Trinajstić information content (AvgIpc) is 2.48. The van der Waals surface area contributed by atoms with Crippen molar-refractivity contribution in [3.63, 3.8) is 0 Å². The fourth-order valence-corrected chi connectivity index (χ4v) is 2.82. The van der Waals surface area contributed by atoms with Crippen LogP contribution in [0, 0.1) is 5.92 Å². The summed E-state index contributed by atoms with van der Waals surface area (Å²) in [7, 11) is 2.09. The van der Waals surface area contributed by atoms with Gasteiger partial charge in [-0.15, -0.1) is 0 Å². The Morgan fingerprint density at radius 3 is 2.09 bits per heavy atom. The number of rotatable bonds is 2. The predicted molar refractivity (Wildman–Crippen MR) is 87.7 cm³/mol. The van der Waals surface area contributed by atoms with Gasteiger partial charge in [-0.2, -0.15) is 0 Å². The molecule has 2 amide bonds. The summed E-state index contributed by atoms with van der Waals surface area (Å²) in [5.74, 6) is 0.0618. The van der Waals surface area contributed by atoms with Crippen LogP contribution < -0.4 is 5.43 Å². The van der Waals surface area contributed by atoms with Gasteiger partial charge in [0.1, 0.15) is 5.60 Å². The molecule has 1 N–H and O–H groups in total. The van der Waals surface area contributed by atoms with Gasteiger partial charge in [0.05, 0.1) is 0 Å². The van der Waals surface area contributed by atoms with Crippen molar-refractivity contribution in [1.82, 2.24) is 20.2 Å². The summed E-state index contributed by atoms with van der Waals surface area (Å²) in [6.45, 7) is 10.4. The highest BCUT2D eigenvalue weighted by Gasteiger charge is 2.30. The maximum absolute atomic E-state index is 12.4. The fourth-order valence-electron chi connectivity index (χ4n) is 2.82. The van der Waals surface area contributed by atoms with Crippen molar-refractivity contribution in [2.75, 3.05) is 46.3 Å². The van der Waals surface area contributed by atoms with E-state index < -0.39 is 5.60 Å². The SMILES string of the molecule is CN1CCN(NC(=O)C2CCN(C(=O)OC(C)(C)C)CC2)CC1. The first-order chi connectivity index (χ1) is 10.7. The number of nitrogens with one attached hydrogen (secondary N) is 1. The smallest absolute Gasteiger partial charge is 0.410 e. The van der Waals surface area contributed by atoms with Crippen LogP contribution in [0.15, 0.2) is 0 Å². The molecule has 0 aromatic rings. The molecule has 0 atom stereocenters. The van der Waals surface area contributed by atoms with Crippen LogP contribution in [0.1, 0.15) is 33.6 Å². The molecule has 23 heavy (non-hydrogen) atoms. The van der Waals surface area contributed by atoms with Crippen LogP contribution in [0.3, 0.4) is 0 Å². The minimum atomic E-state index is -0.479. The lowest BCUT2D eigenvalue weighted by molar-refractivity contribution is -0.132. The van der Waals surface area contributed by atoms with Crippen molar-refractivity contribution in [3.05, 3.63) is 0 Å². The summed E-state index contributed by atoms with van der Waals surface area (Å²) in [6, 6.07) is 0. The standard InChI is InChI=1S/C16H30N4O3/c1-16(2,3)23-15(22)19-7-5-13(6-8-19)14(21)17-20-11-9-18(4)10-12-20/h13H,5-12H2,1-4H3,(H,17,21). The van der Waals surface area contributed by atoms with Crippen LogP contribution >= 0.6 is 0 Å². The van der Waals surface area contributed by atoms with E-state index >= 15 is 0 Å². The van der Waals surface area contributed by atoms with E-state index in [1.165, 1.54) is 0 Å². The van der Waals surface area contributed by atoms with Gasteiger partial charge in [-0.3, -0.25) is 10.2 Å². The van der Waals surface area contributed by atoms with E-state index in [9.17, 15) is 9.59 Å². The van der Waals surface area contributed by atoms with E-state index in [-0.39, 0.29) is 17.9 Å². The Labute approximate surface area is 138 Å². The van der Waals surface area contributed by atoms with Gasteiger partial charge in [0.25, 0.3) is 0 Å². The molecule has 0 bridgehead atoms. The van der Waals surface area contributed by atoms with Crippen molar-refractivity contribution in [2.24, 2.45) is 5.92 Å². The van der Waals surface area contributed by atoms with Gasteiger partial charge in [0.15, 0.2) is 0 Å². The number of likely N-dealkylation sites (N-methyl/N-ethyl adjacent to an activating group) is 1. The molecule has 2 heterocycles. The third-order valence-corrected chi connectivity index (χ3v) is 4.29. The maximum atomic E-state index is 12.4. The molecule has 7 nitrogen and oxygen atoms in total.